The van der Waals surface area contributed by atoms with E-state index in [4.69, 9.17) is 9.47 Å². The molecule has 0 aliphatic carbocycles. The third-order valence-corrected chi connectivity index (χ3v) is 5.71. The molecule has 7 nitrogen and oxygen atoms in total. The van der Waals surface area contributed by atoms with Gasteiger partial charge in [-0.05, 0) is 42.3 Å². The SMILES string of the molecule is CCC1CC(=O)N(Cc2ccc(NC(=O)C(C)(C)C)cc2)N=C1c1ccc(OC)c(OCF)c1. The van der Waals surface area contributed by atoms with E-state index in [1.807, 2.05) is 58.0 Å². The maximum Gasteiger partial charge on any atom is 0.243 e. The van der Waals surface area contributed by atoms with E-state index in [0.717, 1.165) is 23.3 Å². The number of ether oxygens (including phenoxy) is 2. The number of alkyl halides is 1. The van der Waals surface area contributed by atoms with E-state index in [2.05, 4.69) is 10.4 Å². The Labute approximate surface area is 199 Å². The fourth-order valence-corrected chi connectivity index (χ4v) is 3.63. The Hall–Kier alpha value is -3.42. The third kappa shape index (κ3) is 5.92. The van der Waals surface area contributed by atoms with Crippen molar-refractivity contribution in [3.63, 3.8) is 0 Å². The fraction of sp³-hybridized carbons (Fsp3) is 0.423. The van der Waals surface area contributed by atoms with Crippen LogP contribution < -0.4 is 14.8 Å². The number of hydrazone groups is 1. The van der Waals surface area contributed by atoms with Crippen molar-refractivity contribution in [3.8, 4) is 11.5 Å². The Balaban J connectivity index is 1.83. The number of carbonyl (C=O) groups excluding carboxylic acids is 2. The number of hydrogen-bond donors (Lipinski definition) is 1. The molecule has 0 bridgehead atoms. The average Bonchev–Trinajstić information content (AvgIpc) is 2.81. The number of halogens is 1. The molecular weight excluding hydrogens is 437 g/mol. The molecule has 0 spiro atoms. The Morgan fingerprint density at radius 3 is 2.47 bits per heavy atom. The second-order valence-electron chi connectivity index (χ2n) is 9.27. The van der Waals surface area contributed by atoms with Crippen LogP contribution >= 0.6 is 0 Å². The summed E-state index contributed by atoms with van der Waals surface area (Å²) in [6.07, 6.45) is 1.08. The summed E-state index contributed by atoms with van der Waals surface area (Å²) in [5.74, 6) is 0.538. The summed E-state index contributed by atoms with van der Waals surface area (Å²) in [7, 11) is 1.49. The molecule has 1 aliphatic rings. The quantitative estimate of drug-likeness (QED) is 0.580. The Morgan fingerprint density at radius 2 is 1.88 bits per heavy atom. The van der Waals surface area contributed by atoms with E-state index in [1.54, 1.807) is 12.1 Å². The van der Waals surface area contributed by atoms with E-state index >= 15 is 0 Å². The van der Waals surface area contributed by atoms with Crippen LogP contribution in [-0.2, 0) is 16.1 Å². The highest BCUT2D eigenvalue weighted by atomic mass is 19.1. The molecule has 182 valence electrons. The van der Waals surface area contributed by atoms with Gasteiger partial charge in [-0.25, -0.2) is 9.40 Å². The van der Waals surface area contributed by atoms with Crippen molar-refractivity contribution in [2.24, 2.45) is 16.4 Å². The van der Waals surface area contributed by atoms with Gasteiger partial charge in [-0.1, -0.05) is 39.8 Å². The molecule has 0 saturated carbocycles. The first-order chi connectivity index (χ1) is 16.2. The molecule has 1 heterocycles. The van der Waals surface area contributed by atoms with Crippen molar-refractivity contribution >= 4 is 23.2 Å². The second-order valence-corrected chi connectivity index (χ2v) is 9.27. The molecule has 3 rings (SSSR count). The van der Waals surface area contributed by atoms with Gasteiger partial charge in [0.05, 0.1) is 19.4 Å². The first kappa shape index (κ1) is 25.2. The number of anilines is 1. The molecule has 1 atom stereocenters. The van der Waals surface area contributed by atoms with Crippen LogP contribution in [0.25, 0.3) is 0 Å². The molecule has 0 radical (unpaired) electrons. The Morgan fingerprint density at radius 1 is 1.18 bits per heavy atom. The average molecular weight is 470 g/mol. The standard InChI is InChI=1S/C26H32FN3O4/c1-6-18-14-23(31)30(15-17-7-10-20(11-8-17)28-25(32)26(2,3)4)29-24(18)19-9-12-21(33-5)22(13-19)34-16-27/h7-13,18H,6,14-16H2,1-5H3,(H,28,32). The zero-order valence-corrected chi connectivity index (χ0v) is 20.4. The van der Waals surface area contributed by atoms with Gasteiger partial charge in [-0.15, -0.1) is 0 Å². The van der Waals surface area contributed by atoms with Crippen LogP contribution in [0.2, 0.25) is 0 Å². The van der Waals surface area contributed by atoms with Gasteiger partial charge in [-0.3, -0.25) is 9.59 Å². The van der Waals surface area contributed by atoms with Crippen molar-refractivity contribution in [2.75, 3.05) is 19.3 Å². The summed E-state index contributed by atoms with van der Waals surface area (Å²) in [6.45, 7) is 6.90. The van der Waals surface area contributed by atoms with Crippen LogP contribution in [0.3, 0.4) is 0 Å². The van der Waals surface area contributed by atoms with Gasteiger partial charge in [0.15, 0.2) is 11.5 Å². The minimum Gasteiger partial charge on any atom is -0.493 e. The smallest absolute Gasteiger partial charge is 0.243 e. The molecule has 0 fully saturated rings. The van der Waals surface area contributed by atoms with Gasteiger partial charge in [0.25, 0.3) is 0 Å². The molecular formula is C26H32FN3O4. The third-order valence-electron chi connectivity index (χ3n) is 5.71. The molecule has 0 saturated heterocycles. The van der Waals surface area contributed by atoms with Gasteiger partial charge < -0.3 is 14.8 Å². The number of methoxy groups -OCH3 is 1. The number of nitrogens with one attached hydrogen (secondary N) is 1. The highest BCUT2D eigenvalue weighted by Gasteiger charge is 2.30. The monoisotopic (exact) mass is 469 g/mol. The van der Waals surface area contributed by atoms with Crippen LogP contribution in [0, 0.1) is 11.3 Å². The van der Waals surface area contributed by atoms with Crippen LogP contribution in [0.1, 0.15) is 51.7 Å². The lowest BCUT2D eigenvalue weighted by Gasteiger charge is -2.29. The topological polar surface area (TPSA) is 80.2 Å². The zero-order valence-electron chi connectivity index (χ0n) is 20.4. The lowest BCUT2D eigenvalue weighted by Crippen LogP contribution is -2.36. The first-order valence-electron chi connectivity index (χ1n) is 11.3. The van der Waals surface area contributed by atoms with Crippen molar-refractivity contribution in [1.82, 2.24) is 5.01 Å². The summed E-state index contributed by atoms with van der Waals surface area (Å²) in [4.78, 5) is 25.0. The number of amides is 2. The highest BCUT2D eigenvalue weighted by molar-refractivity contribution is 6.06. The van der Waals surface area contributed by atoms with Crippen LogP contribution in [0.4, 0.5) is 10.1 Å². The summed E-state index contributed by atoms with van der Waals surface area (Å²) in [5.41, 5.74) is 2.60. The maximum absolute atomic E-state index is 12.8. The van der Waals surface area contributed by atoms with Gasteiger partial charge in [0, 0.05) is 29.0 Å². The summed E-state index contributed by atoms with van der Waals surface area (Å²) < 4.78 is 23.2. The molecule has 1 aliphatic heterocycles. The number of rotatable bonds is 8. The Bertz CT molecular complexity index is 1060. The Kier molecular flexibility index (Phi) is 7.91. The van der Waals surface area contributed by atoms with E-state index < -0.39 is 12.3 Å². The number of nitrogens with zero attached hydrogens (tertiary/aromatic N) is 2. The van der Waals surface area contributed by atoms with Gasteiger partial charge in [0.2, 0.25) is 18.7 Å². The van der Waals surface area contributed by atoms with Crippen LogP contribution in [0.15, 0.2) is 47.6 Å². The summed E-state index contributed by atoms with van der Waals surface area (Å²) in [6, 6.07) is 12.6. The number of carbonyl (C=O) groups is 2. The molecule has 1 unspecified atom stereocenters. The van der Waals surface area contributed by atoms with E-state index in [0.29, 0.717) is 24.4 Å². The minimum atomic E-state index is -0.972. The zero-order chi connectivity index (χ0) is 24.9. The molecule has 2 aromatic rings. The lowest BCUT2D eigenvalue weighted by atomic mass is 9.89. The molecule has 0 aromatic heterocycles. The van der Waals surface area contributed by atoms with Gasteiger partial charge in [0.1, 0.15) is 0 Å². The van der Waals surface area contributed by atoms with Crippen LogP contribution in [-0.4, -0.2) is 36.5 Å². The largest absolute Gasteiger partial charge is 0.493 e. The highest BCUT2D eigenvalue weighted by Crippen LogP contribution is 2.32. The van der Waals surface area contributed by atoms with Crippen molar-refractivity contribution < 1.29 is 23.5 Å². The molecule has 2 amide bonds. The normalized spacial score (nSPS) is 16.2. The summed E-state index contributed by atoms with van der Waals surface area (Å²) in [5, 5.41) is 9.04. The number of hydrogen-bond acceptors (Lipinski definition) is 5. The second kappa shape index (κ2) is 10.7. The predicted octanol–water partition coefficient (Wildman–Crippen LogP) is 5.15. The van der Waals surface area contributed by atoms with Crippen molar-refractivity contribution in [3.05, 3.63) is 53.6 Å². The molecule has 2 aromatic carbocycles. The van der Waals surface area contributed by atoms with E-state index in [9.17, 15) is 14.0 Å². The van der Waals surface area contributed by atoms with Crippen LogP contribution in [0.5, 0.6) is 11.5 Å². The van der Waals surface area contributed by atoms with Crippen molar-refractivity contribution in [2.45, 2.75) is 47.1 Å². The first-order valence-corrected chi connectivity index (χ1v) is 11.3. The van der Waals surface area contributed by atoms with E-state index in [-0.39, 0.29) is 23.5 Å². The predicted molar refractivity (Wildman–Crippen MR) is 130 cm³/mol. The van der Waals surface area contributed by atoms with Gasteiger partial charge >= 0.3 is 0 Å². The minimum absolute atomic E-state index is 0.0506. The van der Waals surface area contributed by atoms with Gasteiger partial charge in [-0.2, -0.15) is 5.10 Å². The fourth-order valence-electron chi connectivity index (χ4n) is 3.63. The number of benzene rings is 2. The molecule has 34 heavy (non-hydrogen) atoms. The summed E-state index contributed by atoms with van der Waals surface area (Å²) >= 11 is 0. The van der Waals surface area contributed by atoms with E-state index in [1.165, 1.54) is 12.1 Å². The maximum atomic E-state index is 12.8. The lowest BCUT2D eigenvalue weighted by molar-refractivity contribution is -0.133. The molecule has 1 N–H and O–H groups in total. The molecule has 8 heteroatoms. The van der Waals surface area contributed by atoms with Crippen molar-refractivity contribution in [1.29, 1.82) is 0 Å².